The third-order valence-electron chi connectivity index (χ3n) is 3.06. The van der Waals surface area contributed by atoms with E-state index < -0.39 is 16.0 Å². The summed E-state index contributed by atoms with van der Waals surface area (Å²) in [5.41, 5.74) is 0.167. The van der Waals surface area contributed by atoms with Gasteiger partial charge >= 0.3 is 5.97 Å². The van der Waals surface area contributed by atoms with E-state index in [0.29, 0.717) is 4.47 Å². The minimum atomic E-state index is -3.71. The fraction of sp³-hybridized carbons (Fsp3) is 0.214. The molecule has 0 N–H and O–H groups in total. The molecular weight excluding hydrogens is 470 g/mol. The number of carbonyl (C=O) groups excluding carboxylic acids is 1. The largest absolute Gasteiger partial charge is 0.465 e. The maximum Gasteiger partial charge on any atom is 0.339 e. The molecule has 2 rings (SSSR count). The molecule has 23 heavy (non-hydrogen) atoms. The van der Waals surface area contributed by atoms with Crippen LogP contribution in [0.4, 0.5) is 0 Å². The van der Waals surface area contributed by atoms with Gasteiger partial charge in [-0.15, -0.1) is 11.3 Å². The van der Waals surface area contributed by atoms with Gasteiger partial charge in [-0.1, -0.05) is 0 Å². The minimum Gasteiger partial charge on any atom is -0.465 e. The molecule has 1 aromatic heterocycles. The maximum absolute atomic E-state index is 12.7. The first-order chi connectivity index (χ1) is 10.8. The van der Waals surface area contributed by atoms with Crippen LogP contribution in [0.5, 0.6) is 0 Å². The zero-order valence-corrected chi connectivity index (χ0v) is 17.1. The second-order valence-electron chi connectivity index (χ2n) is 4.60. The molecule has 0 aliphatic heterocycles. The third kappa shape index (κ3) is 4.21. The highest BCUT2D eigenvalue weighted by Crippen LogP contribution is 2.27. The normalized spacial score (nSPS) is 11.7. The van der Waals surface area contributed by atoms with Crippen LogP contribution < -0.4 is 0 Å². The lowest BCUT2D eigenvalue weighted by molar-refractivity contribution is 0.0599. The number of ether oxygens (including phenoxy) is 1. The SMILES string of the molecule is COC(=O)c1cc(S(=O)(=O)N(C)Cc2ccc(Br)s2)ccc1Br. The summed E-state index contributed by atoms with van der Waals surface area (Å²) >= 11 is 8.04. The van der Waals surface area contributed by atoms with E-state index in [1.165, 1.54) is 48.0 Å². The molecule has 0 atom stereocenters. The van der Waals surface area contributed by atoms with E-state index in [4.69, 9.17) is 0 Å². The Kier molecular flexibility index (Phi) is 6.01. The lowest BCUT2D eigenvalue weighted by Gasteiger charge is -2.17. The predicted octanol–water partition coefficient (Wildman–Crippen LogP) is 3.88. The molecule has 0 radical (unpaired) electrons. The van der Waals surface area contributed by atoms with E-state index in [9.17, 15) is 13.2 Å². The van der Waals surface area contributed by atoms with Crippen LogP contribution in [0.25, 0.3) is 0 Å². The summed E-state index contributed by atoms with van der Waals surface area (Å²) in [6.45, 7) is 0.252. The standard InChI is InChI=1S/C14H13Br2NO4S2/c1-17(8-9-3-6-13(16)22-9)23(19,20)10-4-5-12(15)11(7-10)14(18)21-2/h3-7H,8H2,1-2H3. The topological polar surface area (TPSA) is 63.7 Å². The number of thiophene rings is 1. The van der Waals surface area contributed by atoms with Gasteiger partial charge in [-0.05, 0) is 62.2 Å². The number of methoxy groups -OCH3 is 1. The number of sulfonamides is 1. The highest BCUT2D eigenvalue weighted by Gasteiger charge is 2.24. The molecule has 1 aromatic carbocycles. The van der Waals surface area contributed by atoms with Gasteiger partial charge in [-0.25, -0.2) is 13.2 Å². The Hall–Kier alpha value is -0.740. The minimum absolute atomic E-state index is 0.0409. The number of nitrogens with zero attached hydrogens (tertiary/aromatic N) is 1. The van der Waals surface area contributed by atoms with E-state index in [1.807, 2.05) is 12.1 Å². The Balaban J connectivity index is 2.33. The van der Waals surface area contributed by atoms with Crippen LogP contribution in [0.1, 0.15) is 15.2 Å². The number of halogens is 2. The molecule has 1 heterocycles. The average molecular weight is 483 g/mol. The molecule has 0 aliphatic carbocycles. The number of hydrogen-bond acceptors (Lipinski definition) is 5. The summed E-state index contributed by atoms with van der Waals surface area (Å²) in [6, 6.07) is 8.02. The highest BCUT2D eigenvalue weighted by molar-refractivity contribution is 9.11. The van der Waals surface area contributed by atoms with Crippen molar-refractivity contribution in [2.24, 2.45) is 0 Å². The van der Waals surface area contributed by atoms with E-state index >= 15 is 0 Å². The molecule has 9 heteroatoms. The van der Waals surface area contributed by atoms with E-state index in [2.05, 4.69) is 36.6 Å². The molecular formula is C14H13Br2NO4S2. The van der Waals surface area contributed by atoms with Gasteiger partial charge in [0.05, 0.1) is 21.4 Å². The van der Waals surface area contributed by atoms with Crippen LogP contribution in [0.3, 0.4) is 0 Å². The van der Waals surface area contributed by atoms with Crippen LogP contribution in [0.2, 0.25) is 0 Å². The molecule has 0 aliphatic rings. The van der Waals surface area contributed by atoms with Crippen molar-refractivity contribution in [1.29, 1.82) is 0 Å². The van der Waals surface area contributed by atoms with Crippen LogP contribution in [0.15, 0.2) is 43.5 Å². The number of rotatable bonds is 5. The second kappa shape index (κ2) is 7.43. The van der Waals surface area contributed by atoms with Gasteiger partial charge < -0.3 is 4.74 Å². The molecule has 0 saturated carbocycles. The van der Waals surface area contributed by atoms with E-state index in [1.54, 1.807) is 0 Å². The van der Waals surface area contributed by atoms with Gasteiger partial charge in [-0.3, -0.25) is 0 Å². The molecule has 0 fully saturated rings. The molecule has 0 bridgehead atoms. The fourth-order valence-corrected chi connectivity index (χ4v) is 5.06. The van der Waals surface area contributed by atoms with E-state index in [0.717, 1.165) is 8.66 Å². The van der Waals surface area contributed by atoms with Gasteiger partial charge in [0, 0.05) is 22.9 Å². The van der Waals surface area contributed by atoms with Crippen molar-refractivity contribution in [3.05, 3.63) is 49.0 Å². The Morgan fingerprint density at radius 2 is 1.96 bits per heavy atom. The molecule has 0 saturated heterocycles. The van der Waals surface area contributed by atoms with Crippen molar-refractivity contribution < 1.29 is 17.9 Å². The average Bonchev–Trinajstić information content (AvgIpc) is 2.91. The van der Waals surface area contributed by atoms with Gasteiger partial charge in [0.2, 0.25) is 10.0 Å². The first-order valence-corrected chi connectivity index (χ1v) is 10.2. The Morgan fingerprint density at radius 3 is 2.52 bits per heavy atom. The smallest absolute Gasteiger partial charge is 0.339 e. The summed E-state index contributed by atoms with van der Waals surface area (Å²) in [4.78, 5) is 12.7. The molecule has 5 nitrogen and oxygen atoms in total. The Labute approximate surface area is 155 Å². The van der Waals surface area contributed by atoms with Crippen molar-refractivity contribution in [2.45, 2.75) is 11.4 Å². The summed E-state index contributed by atoms with van der Waals surface area (Å²) in [5.74, 6) is -0.598. The molecule has 0 amide bonds. The number of esters is 1. The first kappa shape index (κ1) is 18.6. The zero-order valence-electron chi connectivity index (χ0n) is 12.2. The highest BCUT2D eigenvalue weighted by atomic mass is 79.9. The van der Waals surface area contributed by atoms with Crippen molar-refractivity contribution in [3.8, 4) is 0 Å². The summed E-state index contributed by atoms with van der Waals surface area (Å²) < 4.78 is 32.7. The predicted molar refractivity (Wildman–Crippen MR) is 96.2 cm³/mol. The van der Waals surface area contributed by atoms with E-state index in [-0.39, 0.29) is 17.0 Å². The van der Waals surface area contributed by atoms with Crippen molar-refractivity contribution in [3.63, 3.8) is 0 Å². The summed E-state index contributed by atoms with van der Waals surface area (Å²) in [6.07, 6.45) is 0. The molecule has 0 unspecified atom stereocenters. The lowest BCUT2D eigenvalue weighted by Crippen LogP contribution is -2.26. The summed E-state index contributed by atoms with van der Waals surface area (Å²) in [7, 11) is -0.963. The Morgan fingerprint density at radius 1 is 1.26 bits per heavy atom. The van der Waals surface area contributed by atoms with Gasteiger partial charge in [-0.2, -0.15) is 4.31 Å². The fourth-order valence-electron chi connectivity index (χ4n) is 1.85. The van der Waals surface area contributed by atoms with Gasteiger partial charge in [0.1, 0.15) is 0 Å². The number of benzene rings is 1. The maximum atomic E-state index is 12.7. The lowest BCUT2D eigenvalue weighted by atomic mass is 10.2. The summed E-state index contributed by atoms with van der Waals surface area (Å²) in [5, 5.41) is 0. The van der Waals surface area contributed by atoms with Crippen molar-refractivity contribution in [2.75, 3.05) is 14.2 Å². The molecule has 124 valence electrons. The quantitative estimate of drug-likeness (QED) is 0.606. The van der Waals surface area contributed by atoms with Crippen LogP contribution in [-0.2, 0) is 21.3 Å². The second-order valence-corrected chi connectivity index (χ2v) is 10.0. The van der Waals surface area contributed by atoms with Crippen molar-refractivity contribution >= 4 is 59.2 Å². The van der Waals surface area contributed by atoms with Crippen molar-refractivity contribution in [1.82, 2.24) is 4.31 Å². The third-order valence-corrected chi connectivity index (χ3v) is 7.16. The van der Waals surface area contributed by atoms with Crippen LogP contribution in [-0.4, -0.2) is 32.8 Å². The number of hydrogen-bond donors (Lipinski definition) is 0. The first-order valence-electron chi connectivity index (χ1n) is 6.34. The van der Waals surface area contributed by atoms with Gasteiger partial charge in [0.15, 0.2) is 0 Å². The van der Waals surface area contributed by atoms with Crippen LogP contribution >= 0.6 is 43.2 Å². The Bertz CT molecular complexity index is 833. The molecule has 0 spiro atoms. The van der Waals surface area contributed by atoms with Gasteiger partial charge in [0.25, 0.3) is 0 Å². The monoisotopic (exact) mass is 481 g/mol. The zero-order chi connectivity index (χ0) is 17.2. The van der Waals surface area contributed by atoms with Crippen LogP contribution in [0, 0.1) is 0 Å². The number of carbonyl (C=O) groups is 1. The molecule has 2 aromatic rings.